The maximum absolute atomic E-state index is 2.60. The van der Waals surface area contributed by atoms with Gasteiger partial charge in [0.1, 0.15) is 0 Å². The van der Waals surface area contributed by atoms with Crippen LogP contribution in [-0.2, 0) is 22.7 Å². The van der Waals surface area contributed by atoms with Gasteiger partial charge in [0.15, 0.2) is 0 Å². The second-order valence-corrected chi connectivity index (χ2v) is 18.4. The van der Waals surface area contributed by atoms with Gasteiger partial charge in [-0.25, -0.2) is 0 Å². The summed E-state index contributed by atoms with van der Waals surface area (Å²) in [5, 5.41) is 33.8. The molecule has 0 N–H and O–H groups in total. The Morgan fingerprint density at radius 3 is 1.59 bits per heavy atom. The van der Waals surface area contributed by atoms with Gasteiger partial charge in [0, 0.05) is 21.1 Å². The predicted octanol–water partition coefficient (Wildman–Crippen LogP) is 13.3. The molecule has 0 amide bonds. The van der Waals surface area contributed by atoms with E-state index in [0.29, 0.717) is 0 Å². The lowest BCUT2D eigenvalue weighted by atomic mass is 9.68. The van der Waals surface area contributed by atoms with Crippen molar-refractivity contribution >= 4 is 119 Å². The molecule has 6 aliphatic rings. The van der Waals surface area contributed by atoms with E-state index < -0.39 is 0 Å². The summed E-state index contributed by atoms with van der Waals surface area (Å²) in [6.07, 6.45) is 4.77. The molecule has 1 heteroatoms. The fourth-order valence-corrected chi connectivity index (χ4v) is 16.9. The van der Waals surface area contributed by atoms with Gasteiger partial charge in [0.05, 0.1) is 0 Å². The average Bonchev–Trinajstić information content (AvgIpc) is 3.90. The molecule has 6 aliphatic carbocycles. The molecule has 230 valence electrons. The van der Waals surface area contributed by atoms with E-state index in [4.69, 9.17) is 0 Å². The predicted molar refractivity (Wildman–Crippen MR) is 215 cm³/mol. The van der Waals surface area contributed by atoms with Crippen molar-refractivity contribution in [3.63, 3.8) is 0 Å². The van der Waals surface area contributed by atoms with Crippen molar-refractivity contribution in [3.8, 4) is 11.1 Å². The molecule has 1 fully saturated rings. The Morgan fingerprint density at radius 1 is 0.510 bits per heavy atom. The van der Waals surface area contributed by atoms with Crippen LogP contribution in [0.2, 0.25) is 0 Å². The fraction of sp³-hybridized carbons (Fsp3) is 0.160. The van der Waals surface area contributed by atoms with Crippen LogP contribution in [0.4, 0.5) is 0 Å². The Bertz CT molecular complexity index is 3650. The topological polar surface area (TPSA) is 0 Å². The van der Waals surface area contributed by atoms with Crippen LogP contribution in [-0.4, -0.2) is 0 Å². The SMILES string of the molecule is CCCCC1(c2cccs2)C23c4c5ccc6c7ccc8cc9c%10c%11c(cc%12ccc%13c%14ccc-5c2c%14c2c5c(c%14c(c(c46)c7c8c%10%14)C513)c%11c%12c%132)C9. The van der Waals surface area contributed by atoms with E-state index in [-0.39, 0.29) is 16.2 Å². The molecule has 0 aliphatic heterocycles. The highest BCUT2D eigenvalue weighted by Gasteiger charge is 2.94. The van der Waals surface area contributed by atoms with Gasteiger partial charge in [0.2, 0.25) is 0 Å². The van der Waals surface area contributed by atoms with Gasteiger partial charge in [0.25, 0.3) is 0 Å². The molecule has 1 heterocycles. The third kappa shape index (κ3) is 1.61. The number of rotatable bonds is 4. The molecule has 1 aromatic heterocycles. The quantitative estimate of drug-likeness (QED) is 0.131. The van der Waals surface area contributed by atoms with Crippen molar-refractivity contribution < 1.29 is 0 Å². The lowest BCUT2D eigenvalue weighted by molar-refractivity contribution is 0.517. The van der Waals surface area contributed by atoms with Gasteiger partial charge in [-0.15, -0.1) is 11.3 Å². The number of hydrogen-bond acceptors (Lipinski definition) is 1. The smallest absolute Gasteiger partial charge is 0.0492 e. The largest absolute Gasteiger partial charge is 0.148 e. The molecule has 0 saturated heterocycles. The van der Waals surface area contributed by atoms with Crippen LogP contribution < -0.4 is 0 Å². The average molecular weight is 657 g/mol. The van der Waals surface area contributed by atoms with Crippen molar-refractivity contribution in [1.29, 1.82) is 0 Å². The lowest BCUT2D eigenvalue weighted by Crippen LogP contribution is -2.26. The Balaban J connectivity index is 1.34. The van der Waals surface area contributed by atoms with Crippen molar-refractivity contribution in [2.45, 2.75) is 48.9 Å². The maximum atomic E-state index is 2.60. The van der Waals surface area contributed by atoms with Crippen LogP contribution in [0.3, 0.4) is 0 Å². The number of fused-ring (bicyclic) bond motifs is 3. The zero-order valence-corrected chi connectivity index (χ0v) is 28.6. The number of unbranched alkanes of at least 4 members (excludes halogenated alkanes) is 1. The summed E-state index contributed by atoms with van der Waals surface area (Å²) in [5.41, 5.74) is 12.9. The van der Waals surface area contributed by atoms with E-state index >= 15 is 0 Å². The van der Waals surface area contributed by atoms with Gasteiger partial charge in [-0.05, 0) is 177 Å². The van der Waals surface area contributed by atoms with Crippen molar-refractivity contribution in [3.05, 3.63) is 116 Å². The molecule has 1 unspecified atom stereocenters. The molecule has 0 bridgehead atoms. The third-order valence-electron chi connectivity index (χ3n) is 16.6. The van der Waals surface area contributed by atoms with Crippen LogP contribution in [0.25, 0.3) is 119 Å². The minimum atomic E-state index is -0.0976. The summed E-state index contributed by atoms with van der Waals surface area (Å²) in [6.45, 7) is 2.42. The standard InChI is InChI=1S/C50H24S/c1-2-3-14-48(29-5-4-15-51-29)49-44-27-12-10-25-23-8-6-19-16-21-18-22-17-20-7-9-24-26-11-13-28(27)45(49)37(26)41-35(24)31(20)39-33(22)32(21)38-30(19)34(23)40(36(25)44)46-42(38)43(39)47(41)50(46,48)49/h4-13,15-17H,2-3,14,18H2,1H3. The van der Waals surface area contributed by atoms with Crippen molar-refractivity contribution in [2.24, 2.45) is 0 Å². The molecule has 12 aromatic rings. The first-order chi connectivity index (χ1) is 25.3. The second-order valence-electron chi connectivity index (χ2n) is 17.5. The van der Waals surface area contributed by atoms with Crippen molar-refractivity contribution in [1.82, 2.24) is 0 Å². The van der Waals surface area contributed by atoms with Gasteiger partial charge < -0.3 is 0 Å². The van der Waals surface area contributed by atoms with E-state index in [0.717, 1.165) is 6.42 Å². The summed E-state index contributed by atoms with van der Waals surface area (Å²) in [7, 11) is 0. The summed E-state index contributed by atoms with van der Waals surface area (Å²) < 4.78 is 0. The Kier molecular flexibility index (Phi) is 2.82. The van der Waals surface area contributed by atoms with E-state index in [2.05, 4.69) is 96.4 Å². The van der Waals surface area contributed by atoms with Crippen LogP contribution in [0.5, 0.6) is 0 Å². The normalized spacial score (nSPS) is 25.0. The fourth-order valence-electron chi connectivity index (χ4n) is 15.8. The maximum Gasteiger partial charge on any atom is 0.0492 e. The molecule has 11 aromatic carbocycles. The van der Waals surface area contributed by atoms with Crippen LogP contribution in [0, 0.1) is 0 Å². The number of benzene rings is 9. The molecule has 18 rings (SSSR count). The molecular weight excluding hydrogens is 633 g/mol. The van der Waals surface area contributed by atoms with Crippen LogP contribution in [0.1, 0.15) is 64.4 Å². The molecule has 0 radical (unpaired) electrons. The molecule has 51 heavy (non-hydrogen) atoms. The van der Waals surface area contributed by atoms with Crippen LogP contribution >= 0.6 is 11.3 Å². The van der Waals surface area contributed by atoms with Crippen molar-refractivity contribution in [2.75, 3.05) is 0 Å². The zero-order valence-electron chi connectivity index (χ0n) is 27.7. The van der Waals surface area contributed by atoms with E-state index in [9.17, 15) is 0 Å². The summed E-state index contributed by atoms with van der Waals surface area (Å²) in [4.78, 5) is 1.63. The molecule has 0 nitrogen and oxygen atoms in total. The minimum Gasteiger partial charge on any atom is -0.148 e. The molecule has 1 atom stereocenters. The molecule has 2 spiro atoms. The van der Waals surface area contributed by atoms with Gasteiger partial charge >= 0.3 is 0 Å². The Morgan fingerprint density at radius 2 is 1.04 bits per heavy atom. The highest BCUT2D eigenvalue weighted by Crippen LogP contribution is 2.95. The van der Waals surface area contributed by atoms with Gasteiger partial charge in [-0.1, -0.05) is 86.5 Å². The summed E-state index contributed by atoms with van der Waals surface area (Å²) >= 11 is 2.06. The van der Waals surface area contributed by atoms with Gasteiger partial charge in [-0.2, -0.15) is 0 Å². The Labute approximate surface area is 294 Å². The molecule has 1 saturated carbocycles. The first-order valence-electron chi connectivity index (χ1n) is 19.2. The highest BCUT2D eigenvalue weighted by atomic mass is 32.1. The zero-order chi connectivity index (χ0) is 32.0. The highest BCUT2D eigenvalue weighted by molar-refractivity contribution is 7.10. The van der Waals surface area contributed by atoms with E-state index in [1.165, 1.54) is 62.7 Å². The molecular formula is C50H24S. The van der Waals surface area contributed by atoms with E-state index in [1.807, 2.05) is 0 Å². The Hall–Kier alpha value is -5.24. The number of thiophene rings is 1. The monoisotopic (exact) mass is 656 g/mol. The van der Waals surface area contributed by atoms with Gasteiger partial charge in [-0.3, -0.25) is 0 Å². The first-order valence-corrected chi connectivity index (χ1v) is 20.1. The third-order valence-corrected chi connectivity index (χ3v) is 17.6. The summed E-state index contributed by atoms with van der Waals surface area (Å²) in [5.74, 6) is 0. The first kappa shape index (κ1) is 23.3. The van der Waals surface area contributed by atoms with Crippen LogP contribution in [0.15, 0.2) is 78.2 Å². The number of hydrogen-bond donors (Lipinski definition) is 0. The minimum absolute atomic E-state index is 0.0120. The summed E-state index contributed by atoms with van der Waals surface area (Å²) in [6, 6.07) is 30.4. The second kappa shape index (κ2) is 6.18. The lowest BCUT2D eigenvalue weighted by Gasteiger charge is -2.32. The van der Waals surface area contributed by atoms with E-state index in [1.54, 1.807) is 114 Å².